The molecular formula is C13H17NO2. The molecule has 86 valence electrons. The first-order valence-electron chi connectivity index (χ1n) is 5.28. The highest BCUT2D eigenvalue weighted by Crippen LogP contribution is 2.18. The molecule has 0 heterocycles. The van der Waals surface area contributed by atoms with Crippen molar-refractivity contribution < 1.29 is 9.59 Å². The molecule has 3 heteroatoms. The van der Waals surface area contributed by atoms with Crippen LogP contribution in [0.3, 0.4) is 0 Å². The van der Waals surface area contributed by atoms with E-state index in [0.717, 1.165) is 16.7 Å². The molecule has 0 amide bonds. The predicted octanol–water partition coefficient (Wildman–Crippen LogP) is 1.71. The average molecular weight is 219 g/mol. The van der Waals surface area contributed by atoms with Gasteiger partial charge in [-0.2, -0.15) is 0 Å². The maximum absolute atomic E-state index is 11.9. The number of rotatable bonds is 4. The third-order valence-electron chi connectivity index (χ3n) is 2.95. The van der Waals surface area contributed by atoms with Crippen molar-refractivity contribution >= 4 is 12.1 Å². The smallest absolute Gasteiger partial charge is 0.165 e. The molecule has 0 aromatic heterocycles. The molecule has 0 aliphatic heterocycles. The summed E-state index contributed by atoms with van der Waals surface area (Å²) in [5.74, 6) is -0.0693. The van der Waals surface area contributed by atoms with Gasteiger partial charge in [-0.15, -0.1) is 0 Å². The Balaban J connectivity index is 3.01. The summed E-state index contributed by atoms with van der Waals surface area (Å²) in [6.45, 7) is 5.91. The van der Waals surface area contributed by atoms with E-state index in [-0.39, 0.29) is 12.2 Å². The van der Waals surface area contributed by atoms with E-state index in [1.54, 1.807) is 6.07 Å². The topological polar surface area (TPSA) is 60.2 Å². The molecule has 0 aliphatic carbocycles. The third kappa shape index (κ3) is 2.55. The lowest BCUT2D eigenvalue weighted by atomic mass is 9.94. The second-order valence-electron chi connectivity index (χ2n) is 4.11. The summed E-state index contributed by atoms with van der Waals surface area (Å²) in [7, 11) is 0. The van der Waals surface area contributed by atoms with Crippen molar-refractivity contribution in [2.24, 2.45) is 5.73 Å². The Labute approximate surface area is 95.6 Å². The highest BCUT2D eigenvalue weighted by atomic mass is 16.1. The summed E-state index contributed by atoms with van der Waals surface area (Å²) >= 11 is 0. The first kappa shape index (κ1) is 12.6. The second kappa shape index (κ2) is 5.03. The van der Waals surface area contributed by atoms with Gasteiger partial charge in [0.05, 0.1) is 6.04 Å². The zero-order valence-electron chi connectivity index (χ0n) is 9.91. The number of carbonyl (C=O) groups is 2. The Bertz CT molecular complexity index is 424. The first-order chi connectivity index (χ1) is 7.47. The van der Waals surface area contributed by atoms with Crippen molar-refractivity contribution in [2.75, 3.05) is 0 Å². The van der Waals surface area contributed by atoms with Crippen LogP contribution in [0.15, 0.2) is 12.1 Å². The van der Waals surface area contributed by atoms with Crippen LogP contribution in [-0.4, -0.2) is 18.1 Å². The van der Waals surface area contributed by atoms with E-state index >= 15 is 0 Å². The van der Waals surface area contributed by atoms with Gasteiger partial charge in [-0.25, -0.2) is 0 Å². The van der Waals surface area contributed by atoms with Crippen molar-refractivity contribution in [3.05, 3.63) is 34.4 Å². The molecule has 1 unspecified atom stereocenters. The van der Waals surface area contributed by atoms with Crippen molar-refractivity contribution in [2.45, 2.75) is 33.2 Å². The van der Waals surface area contributed by atoms with Gasteiger partial charge < -0.3 is 10.5 Å². The van der Waals surface area contributed by atoms with Crippen LogP contribution in [0.4, 0.5) is 0 Å². The zero-order valence-corrected chi connectivity index (χ0v) is 9.91. The highest BCUT2D eigenvalue weighted by Gasteiger charge is 2.14. The predicted molar refractivity (Wildman–Crippen MR) is 63.6 cm³/mol. The van der Waals surface area contributed by atoms with Gasteiger partial charge in [-0.05, 0) is 37.5 Å². The molecule has 3 nitrogen and oxygen atoms in total. The third-order valence-corrected chi connectivity index (χ3v) is 2.95. The summed E-state index contributed by atoms with van der Waals surface area (Å²) in [6.07, 6.45) is 0.682. The Morgan fingerprint density at radius 1 is 1.31 bits per heavy atom. The Hall–Kier alpha value is -1.48. The molecule has 0 radical (unpaired) electrons. The Morgan fingerprint density at radius 3 is 2.50 bits per heavy atom. The van der Waals surface area contributed by atoms with Crippen LogP contribution in [0.5, 0.6) is 0 Å². The van der Waals surface area contributed by atoms with Crippen LogP contribution < -0.4 is 5.73 Å². The van der Waals surface area contributed by atoms with E-state index in [1.807, 2.05) is 26.8 Å². The minimum atomic E-state index is -0.700. The van der Waals surface area contributed by atoms with Gasteiger partial charge >= 0.3 is 0 Å². The van der Waals surface area contributed by atoms with Gasteiger partial charge in [-0.1, -0.05) is 12.1 Å². The van der Waals surface area contributed by atoms with Crippen molar-refractivity contribution in [3.8, 4) is 0 Å². The lowest BCUT2D eigenvalue weighted by Crippen LogP contribution is -2.25. The van der Waals surface area contributed by atoms with Gasteiger partial charge in [0, 0.05) is 12.0 Å². The number of carbonyl (C=O) groups excluding carboxylic acids is 2. The van der Waals surface area contributed by atoms with Crippen LogP contribution in [0.2, 0.25) is 0 Å². The summed E-state index contributed by atoms with van der Waals surface area (Å²) in [6, 6.07) is 3.02. The fourth-order valence-corrected chi connectivity index (χ4v) is 1.63. The second-order valence-corrected chi connectivity index (χ2v) is 4.11. The van der Waals surface area contributed by atoms with Gasteiger partial charge in [0.2, 0.25) is 0 Å². The number of Topliss-reactive ketones (excluding diaryl/α,β-unsaturated/α-hetero) is 1. The number of benzene rings is 1. The largest absolute Gasteiger partial charge is 0.321 e. The van der Waals surface area contributed by atoms with Crippen LogP contribution in [0, 0.1) is 20.8 Å². The van der Waals surface area contributed by atoms with Crippen LogP contribution in [0.25, 0.3) is 0 Å². The number of hydrogen-bond donors (Lipinski definition) is 1. The maximum atomic E-state index is 11.9. The zero-order chi connectivity index (χ0) is 12.3. The van der Waals surface area contributed by atoms with Crippen molar-refractivity contribution in [1.29, 1.82) is 0 Å². The molecule has 1 rings (SSSR count). The van der Waals surface area contributed by atoms with Gasteiger partial charge in [0.25, 0.3) is 0 Å². The lowest BCUT2D eigenvalue weighted by molar-refractivity contribution is -0.108. The van der Waals surface area contributed by atoms with E-state index in [4.69, 9.17) is 5.73 Å². The van der Waals surface area contributed by atoms with Gasteiger partial charge in [-0.3, -0.25) is 4.79 Å². The number of aryl methyl sites for hydroxylation is 1. The van der Waals surface area contributed by atoms with Crippen molar-refractivity contribution in [1.82, 2.24) is 0 Å². The molecule has 1 atom stereocenters. The first-order valence-corrected chi connectivity index (χ1v) is 5.28. The summed E-state index contributed by atoms with van der Waals surface area (Å²) in [4.78, 5) is 22.3. The molecule has 2 N–H and O–H groups in total. The molecule has 0 saturated carbocycles. The minimum Gasteiger partial charge on any atom is -0.321 e. The molecular weight excluding hydrogens is 202 g/mol. The fourth-order valence-electron chi connectivity index (χ4n) is 1.63. The molecule has 0 bridgehead atoms. The minimum absolute atomic E-state index is 0.0693. The van der Waals surface area contributed by atoms with Crippen LogP contribution in [0.1, 0.15) is 33.5 Å². The number of nitrogens with two attached hydrogens (primary N) is 1. The molecule has 0 fully saturated rings. The van der Waals surface area contributed by atoms with Crippen LogP contribution in [-0.2, 0) is 4.79 Å². The van der Waals surface area contributed by atoms with E-state index in [1.165, 1.54) is 0 Å². The molecule has 0 spiro atoms. The SMILES string of the molecule is Cc1ccc(C(=O)CC(N)C=O)c(C)c1C. The molecule has 0 aliphatic rings. The summed E-state index contributed by atoms with van der Waals surface area (Å²) in [5, 5.41) is 0. The molecule has 1 aromatic carbocycles. The quantitative estimate of drug-likeness (QED) is 0.619. The standard InChI is InChI=1S/C13H17NO2/c1-8-4-5-12(10(3)9(8)2)13(16)6-11(14)7-15/h4-5,7,11H,6,14H2,1-3H3. The number of hydrogen-bond acceptors (Lipinski definition) is 3. The van der Waals surface area contributed by atoms with Crippen molar-refractivity contribution in [3.63, 3.8) is 0 Å². The highest BCUT2D eigenvalue weighted by molar-refractivity contribution is 5.99. The Kier molecular flexibility index (Phi) is 3.96. The normalized spacial score (nSPS) is 12.2. The van der Waals surface area contributed by atoms with E-state index in [0.29, 0.717) is 11.8 Å². The number of aldehydes is 1. The number of ketones is 1. The molecule has 0 saturated heterocycles. The molecule has 16 heavy (non-hydrogen) atoms. The monoisotopic (exact) mass is 219 g/mol. The summed E-state index contributed by atoms with van der Waals surface area (Å²) < 4.78 is 0. The van der Waals surface area contributed by atoms with Crippen LogP contribution >= 0.6 is 0 Å². The molecule has 1 aromatic rings. The fraction of sp³-hybridized carbons (Fsp3) is 0.385. The van der Waals surface area contributed by atoms with Gasteiger partial charge in [0.15, 0.2) is 5.78 Å². The van der Waals surface area contributed by atoms with Gasteiger partial charge in [0.1, 0.15) is 6.29 Å². The van der Waals surface area contributed by atoms with E-state index < -0.39 is 6.04 Å². The average Bonchev–Trinajstić information content (AvgIpc) is 2.25. The van der Waals surface area contributed by atoms with E-state index in [9.17, 15) is 9.59 Å². The maximum Gasteiger partial charge on any atom is 0.165 e. The van der Waals surface area contributed by atoms with E-state index in [2.05, 4.69) is 0 Å². The summed E-state index contributed by atoms with van der Waals surface area (Å²) in [5.41, 5.74) is 9.36. The lowest BCUT2D eigenvalue weighted by Gasteiger charge is -2.11. The Morgan fingerprint density at radius 2 is 1.94 bits per heavy atom.